The van der Waals surface area contributed by atoms with Gasteiger partial charge in [-0.25, -0.2) is 4.39 Å². The number of ether oxygens (including phenoxy) is 2. The third-order valence-electron chi connectivity index (χ3n) is 5.43. The van der Waals surface area contributed by atoms with Crippen LogP contribution in [0.15, 0.2) is 47.5 Å². The van der Waals surface area contributed by atoms with Gasteiger partial charge in [0, 0.05) is 18.5 Å². The Morgan fingerprint density at radius 1 is 1.13 bits per heavy atom. The summed E-state index contributed by atoms with van der Waals surface area (Å²) in [7, 11) is 3.14. The molecule has 0 saturated heterocycles. The molecule has 2 aromatic rings. The average molecular weight is 416 g/mol. The second kappa shape index (κ2) is 9.80. The lowest BCUT2D eigenvalue weighted by Crippen LogP contribution is -2.40. The summed E-state index contributed by atoms with van der Waals surface area (Å²) in [6.45, 7) is 3.54. The molecule has 2 aromatic carbocycles. The molecule has 1 unspecified atom stereocenters. The lowest BCUT2D eigenvalue weighted by molar-refractivity contribution is 0.180. The maximum absolute atomic E-state index is 13.6. The Labute approximate surface area is 177 Å². The van der Waals surface area contributed by atoms with Gasteiger partial charge >= 0.3 is 0 Å². The molecule has 1 aliphatic carbocycles. The van der Waals surface area contributed by atoms with E-state index in [2.05, 4.69) is 10.6 Å². The summed E-state index contributed by atoms with van der Waals surface area (Å²) < 4.78 is 24.2. The Hall–Kier alpha value is -2.80. The van der Waals surface area contributed by atoms with Crippen molar-refractivity contribution >= 4 is 5.96 Å². The van der Waals surface area contributed by atoms with Crippen molar-refractivity contribution in [1.82, 2.24) is 10.6 Å². The van der Waals surface area contributed by atoms with Crippen LogP contribution in [0.2, 0.25) is 0 Å². The minimum Gasteiger partial charge on any atom is -0.493 e. The van der Waals surface area contributed by atoms with Gasteiger partial charge in [-0.3, -0.25) is 4.99 Å². The van der Waals surface area contributed by atoms with E-state index < -0.39 is 6.10 Å². The van der Waals surface area contributed by atoms with Gasteiger partial charge in [0.05, 0.1) is 26.9 Å². The highest BCUT2D eigenvalue weighted by Gasteiger charge is 2.44. The van der Waals surface area contributed by atoms with Crippen LogP contribution in [0.1, 0.15) is 37.0 Å². The zero-order valence-electron chi connectivity index (χ0n) is 17.7. The zero-order valence-corrected chi connectivity index (χ0v) is 17.7. The number of aliphatic hydroxyl groups is 1. The third kappa shape index (κ3) is 5.21. The van der Waals surface area contributed by atoms with Gasteiger partial charge in [-0.1, -0.05) is 18.2 Å². The van der Waals surface area contributed by atoms with E-state index in [4.69, 9.17) is 14.5 Å². The standard InChI is InChI=1S/C23H30FN3O3/c1-4-25-22(27-15-23(10-11-23)17-6-5-7-18(24)13-17)26-14-19(28)16-8-9-20(29-2)21(12-16)30-3/h5-9,12-13,19,28H,4,10-11,14-15H2,1-3H3,(H2,25,26,27). The number of nitrogens with one attached hydrogen (secondary N) is 2. The van der Waals surface area contributed by atoms with Gasteiger partial charge in [-0.2, -0.15) is 0 Å². The first-order valence-corrected chi connectivity index (χ1v) is 10.2. The van der Waals surface area contributed by atoms with Crippen LogP contribution in [0.5, 0.6) is 11.5 Å². The molecule has 1 fully saturated rings. The molecule has 0 amide bonds. The van der Waals surface area contributed by atoms with Crippen LogP contribution in [-0.2, 0) is 5.41 Å². The highest BCUT2D eigenvalue weighted by atomic mass is 19.1. The van der Waals surface area contributed by atoms with Gasteiger partial charge in [0.25, 0.3) is 0 Å². The van der Waals surface area contributed by atoms with E-state index in [0.29, 0.717) is 30.5 Å². The van der Waals surface area contributed by atoms with Crippen molar-refractivity contribution in [3.05, 3.63) is 59.4 Å². The smallest absolute Gasteiger partial charge is 0.191 e. The Morgan fingerprint density at radius 3 is 2.53 bits per heavy atom. The number of aliphatic hydroxyl groups excluding tert-OH is 1. The van der Waals surface area contributed by atoms with Crippen LogP contribution in [0.4, 0.5) is 4.39 Å². The van der Waals surface area contributed by atoms with Crippen molar-refractivity contribution in [2.45, 2.75) is 31.3 Å². The topological polar surface area (TPSA) is 75.1 Å². The normalized spacial score (nSPS) is 16.0. The molecule has 0 aliphatic heterocycles. The molecule has 162 valence electrons. The Balaban J connectivity index is 1.64. The van der Waals surface area contributed by atoms with E-state index in [1.165, 1.54) is 6.07 Å². The molecule has 0 bridgehead atoms. The first kappa shape index (κ1) is 21.9. The fraction of sp³-hybridized carbons (Fsp3) is 0.435. The van der Waals surface area contributed by atoms with Crippen LogP contribution in [0.3, 0.4) is 0 Å². The first-order valence-electron chi connectivity index (χ1n) is 10.2. The van der Waals surface area contributed by atoms with Gasteiger partial charge in [0.15, 0.2) is 17.5 Å². The number of halogens is 1. The molecular weight excluding hydrogens is 385 g/mol. The number of guanidine groups is 1. The van der Waals surface area contributed by atoms with Crippen LogP contribution < -0.4 is 20.1 Å². The second-order valence-electron chi connectivity index (χ2n) is 7.50. The quantitative estimate of drug-likeness (QED) is 0.433. The van der Waals surface area contributed by atoms with Gasteiger partial charge < -0.3 is 25.2 Å². The van der Waals surface area contributed by atoms with Crippen LogP contribution in [0, 0.1) is 5.82 Å². The van der Waals surface area contributed by atoms with E-state index in [1.54, 1.807) is 44.6 Å². The van der Waals surface area contributed by atoms with Crippen LogP contribution in [0.25, 0.3) is 0 Å². The third-order valence-corrected chi connectivity index (χ3v) is 5.43. The van der Waals surface area contributed by atoms with E-state index in [1.807, 2.05) is 13.0 Å². The number of hydrogen-bond donors (Lipinski definition) is 3. The van der Waals surface area contributed by atoms with E-state index in [-0.39, 0.29) is 17.8 Å². The van der Waals surface area contributed by atoms with Crippen molar-refractivity contribution in [1.29, 1.82) is 0 Å². The Morgan fingerprint density at radius 2 is 1.90 bits per heavy atom. The lowest BCUT2D eigenvalue weighted by atomic mass is 9.96. The van der Waals surface area contributed by atoms with Gasteiger partial charge in [0.1, 0.15) is 5.82 Å². The second-order valence-corrected chi connectivity index (χ2v) is 7.50. The van der Waals surface area contributed by atoms with Gasteiger partial charge in [-0.05, 0) is 55.2 Å². The summed E-state index contributed by atoms with van der Waals surface area (Å²) in [4.78, 5) is 4.70. The van der Waals surface area contributed by atoms with Crippen LogP contribution >= 0.6 is 0 Å². The Bertz CT molecular complexity index is 884. The molecule has 0 aromatic heterocycles. The van der Waals surface area contributed by atoms with Crippen molar-refractivity contribution in [3.63, 3.8) is 0 Å². The Kier molecular flexibility index (Phi) is 7.15. The van der Waals surface area contributed by atoms with E-state index >= 15 is 0 Å². The summed E-state index contributed by atoms with van der Waals surface area (Å²) in [6.07, 6.45) is 1.24. The number of rotatable bonds is 9. The fourth-order valence-corrected chi connectivity index (χ4v) is 3.45. The van der Waals surface area contributed by atoms with Crippen molar-refractivity contribution < 1.29 is 19.0 Å². The summed E-state index contributed by atoms with van der Waals surface area (Å²) in [5.74, 6) is 1.59. The van der Waals surface area contributed by atoms with Crippen molar-refractivity contribution in [2.75, 3.05) is 33.9 Å². The predicted octanol–water partition coefficient (Wildman–Crippen LogP) is 3.16. The largest absolute Gasteiger partial charge is 0.493 e. The van der Waals surface area contributed by atoms with E-state index in [0.717, 1.165) is 24.0 Å². The predicted molar refractivity (Wildman–Crippen MR) is 116 cm³/mol. The zero-order chi connectivity index (χ0) is 21.6. The summed E-state index contributed by atoms with van der Waals surface area (Å²) in [6, 6.07) is 12.1. The minimum atomic E-state index is -0.744. The summed E-state index contributed by atoms with van der Waals surface area (Å²) in [5, 5.41) is 17.0. The maximum atomic E-state index is 13.6. The molecule has 1 aliphatic rings. The molecule has 3 N–H and O–H groups in total. The first-order chi connectivity index (χ1) is 14.5. The number of nitrogens with zero attached hydrogens (tertiary/aromatic N) is 1. The SMILES string of the molecule is CCNC(=NCC1(c2cccc(F)c2)CC1)NCC(O)c1ccc(OC)c(OC)c1. The number of hydrogen-bond acceptors (Lipinski definition) is 4. The molecule has 0 spiro atoms. The average Bonchev–Trinajstić information content (AvgIpc) is 3.56. The van der Waals surface area contributed by atoms with Gasteiger partial charge in [0.2, 0.25) is 0 Å². The van der Waals surface area contributed by atoms with Crippen LogP contribution in [-0.4, -0.2) is 44.9 Å². The monoisotopic (exact) mass is 415 g/mol. The molecule has 0 heterocycles. The lowest BCUT2D eigenvalue weighted by Gasteiger charge is -2.18. The number of aliphatic imine (C=N–C) groups is 1. The summed E-state index contributed by atoms with van der Waals surface area (Å²) in [5.41, 5.74) is 1.62. The minimum absolute atomic E-state index is 0.0909. The maximum Gasteiger partial charge on any atom is 0.191 e. The molecule has 0 radical (unpaired) electrons. The number of benzene rings is 2. The molecule has 6 nitrogen and oxygen atoms in total. The molecule has 7 heteroatoms. The molecule has 3 rings (SSSR count). The molecule has 1 saturated carbocycles. The number of methoxy groups -OCH3 is 2. The van der Waals surface area contributed by atoms with E-state index in [9.17, 15) is 9.50 Å². The van der Waals surface area contributed by atoms with Crippen molar-refractivity contribution in [2.24, 2.45) is 4.99 Å². The van der Waals surface area contributed by atoms with Crippen molar-refractivity contribution in [3.8, 4) is 11.5 Å². The van der Waals surface area contributed by atoms with Gasteiger partial charge in [-0.15, -0.1) is 0 Å². The summed E-state index contributed by atoms with van der Waals surface area (Å²) >= 11 is 0. The fourth-order valence-electron chi connectivity index (χ4n) is 3.45. The molecule has 1 atom stereocenters. The molecule has 30 heavy (non-hydrogen) atoms. The highest BCUT2D eigenvalue weighted by Crippen LogP contribution is 2.48. The highest BCUT2D eigenvalue weighted by molar-refractivity contribution is 5.79. The molecular formula is C23H30FN3O3.